The molecule has 3 rings (SSSR count). The Bertz CT molecular complexity index is 302. The monoisotopic (exact) mass is 180 g/mol. The van der Waals surface area contributed by atoms with E-state index in [9.17, 15) is 9.59 Å². The van der Waals surface area contributed by atoms with E-state index in [1.807, 2.05) is 0 Å². The van der Waals surface area contributed by atoms with Gasteiger partial charge in [0.15, 0.2) is 0 Å². The van der Waals surface area contributed by atoms with E-state index in [0.29, 0.717) is 11.8 Å². The summed E-state index contributed by atoms with van der Waals surface area (Å²) in [5.74, 6) is 0.961. The van der Waals surface area contributed by atoms with Crippen LogP contribution < -0.4 is 10.6 Å². The average molecular weight is 180 g/mol. The molecule has 3 atom stereocenters. The lowest BCUT2D eigenvalue weighted by Crippen LogP contribution is -2.51. The number of rotatable bonds is 0. The number of nitrogens with one attached hydrogen (secondary N) is 2. The smallest absolute Gasteiger partial charge is 0.322 e. The van der Waals surface area contributed by atoms with E-state index in [0.717, 1.165) is 19.3 Å². The molecule has 2 bridgehead atoms. The molecular weight excluding hydrogens is 168 g/mol. The maximum absolute atomic E-state index is 11.6. The number of amides is 3. The second-order valence-corrected chi connectivity index (χ2v) is 4.46. The number of fused-ring (bicyclic) bond motifs is 3. The summed E-state index contributed by atoms with van der Waals surface area (Å²) in [6, 6.07) is -0.308. The molecule has 0 radical (unpaired) electrons. The van der Waals surface area contributed by atoms with Crippen LogP contribution in [0.2, 0.25) is 0 Å². The number of urea groups is 1. The molecule has 13 heavy (non-hydrogen) atoms. The second-order valence-electron chi connectivity index (χ2n) is 4.46. The summed E-state index contributed by atoms with van der Waals surface area (Å²) in [6.07, 6.45) is 4.30. The van der Waals surface area contributed by atoms with E-state index in [2.05, 4.69) is 10.6 Å². The molecule has 1 heterocycles. The highest BCUT2D eigenvalue weighted by molar-refractivity contribution is 6.07. The van der Waals surface area contributed by atoms with Gasteiger partial charge in [0.05, 0.1) is 0 Å². The van der Waals surface area contributed by atoms with Crippen LogP contribution in [-0.2, 0) is 4.79 Å². The lowest BCUT2D eigenvalue weighted by Gasteiger charge is -2.30. The lowest BCUT2D eigenvalue weighted by atomic mass is 9.81. The molecule has 0 aromatic rings. The molecule has 2 N–H and O–H groups in total. The zero-order valence-corrected chi connectivity index (χ0v) is 7.30. The number of carbonyl (C=O) groups is 2. The van der Waals surface area contributed by atoms with E-state index in [-0.39, 0.29) is 11.9 Å². The van der Waals surface area contributed by atoms with E-state index >= 15 is 0 Å². The topological polar surface area (TPSA) is 58.2 Å². The maximum Gasteiger partial charge on any atom is 0.322 e. The van der Waals surface area contributed by atoms with Crippen LogP contribution in [0.15, 0.2) is 0 Å². The van der Waals surface area contributed by atoms with Gasteiger partial charge < -0.3 is 5.32 Å². The molecule has 4 heteroatoms. The van der Waals surface area contributed by atoms with Crippen molar-refractivity contribution in [3.63, 3.8) is 0 Å². The Morgan fingerprint density at radius 1 is 1.31 bits per heavy atom. The van der Waals surface area contributed by atoms with Crippen molar-refractivity contribution in [1.29, 1.82) is 0 Å². The van der Waals surface area contributed by atoms with Gasteiger partial charge in [-0.25, -0.2) is 4.79 Å². The molecule has 0 aromatic carbocycles. The first-order valence-electron chi connectivity index (χ1n) is 4.84. The zero-order chi connectivity index (χ0) is 9.05. The van der Waals surface area contributed by atoms with Gasteiger partial charge in [0, 0.05) is 0 Å². The molecule has 2 aliphatic carbocycles. The normalized spacial score (nSPS) is 47.1. The first-order valence-corrected chi connectivity index (χ1v) is 4.84. The van der Waals surface area contributed by atoms with E-state index in [1.165, 1.54) is 6.42 Å². The fourth-order valence-corrected chi connectivity index (χ4v) is 3.27. The summed E-state index contributed by atoms with van der Waals surface area (Å²) in [7, 11) is 0. The molecule has 1 aliphatic heterocycles. The van der Waals surface area contributed by atoms with Crippen molar-refractivity contribution in [2.75, 3.05) is 0 Å². The van der Waals surface area contributed by atoms with Crippen LogP contribution in [0.25, 0.3) is 0 Å². The first-order chi connectivity index (χ1) is 6.21. The molecule has 3 amide bonds. The van der Waals surface area contributed by atoms with Crippen LogP contribution in [0, 0.1) is 11.8 Å². The van der Waals surface area contributed by atoms with Crippen molar-refractivity contribution < 1.29 is 9.59 Å². The summed E-state index contributed by atoms with van der Waals surface area (Å²) in [5, 5.41) is 5.16. The minimum Gasteiger partial charge on any atom is -0.323 e. The summed E-state index contributed by atoms with van der Waals surface area (Å²) in [4.78, 5) is 22.7. The number of hydrogen-bond donors (Lipinski definition) is 2. The molecule has 1 spiro atoms. The Kier molecular flexibility index (Phi) is 1.16. The fraction of sp³-hybridized carbons (Fsp3) is 0.778. The van der Waals surface area contributed by atoms with Crippen LogP contribution in [0.4, 0.5) is 4.79 Å². The predicted molar refractivity (Wildman–Crippen MR) is 44.9 cm³/mol. The van der Waals surface area contributed by atoms with Gasteiger partial charge in [0.1, 0.15) is 5.54 Å². The summed E-state index contributed by atoms with van der Waals surface area (Å²) < 4.78 is 0. The molecule has 2 saturated carbocycles. The third-order valence-corrected chi connectivity index (χ3v) is 3.82. The van der Waals surface area contributed by atoms with Gasteiger partial charge >= 0.3 is 6.03 Å². The van der Waals surface area contributed by atoms with Gasteiger partial charge in [0.25, 0.3) is 5.91 Å². The van der Waals surface area contributed by atoms with Gasteiger partial charge in [-0.1, -0.05) is 0 Å². The molecule has 4 nitrogen and oxygen atoms in total. The highest BCUT2D eigenvalue weighted by atomic mass is 16.2. The van der Waals surface area contributed by atoms with Gasteiger partial charge in [-0.15, -0.1) is 0 Å². The van der Waals surface area contributed by atoms with Crippen molar-refractivity contribution in [3.8, 4) is 0 Å². The highest BCUT2D eigenvalue weighted by Crippen LogP contribution is 2.51. The van der Waals surface area contributed by atoms with Crippen molar-refractivity contribution >= 4 is 11.9 Å². The van der Waals surface area contributed by atoms with Crippen LogP contribution in [0.3, 0.4) is 0 Å². The van der Waals surface area contributed by atoms with Crippen molar-refractivity contribution in [2.24, 2.45) is 11.8 Å². The molecule has 0 aromatic heterocycles. The van der Waals surface area contributed by atoms with Crippen LogP contribution in [0.5, 0.6) is 0 Å². The third-order valence-electron chi connectivity index (χ3n) is 3.82. The Hall–Kier alpha value is -1.06. The molecular formula is C9H12N2O2. The largest absolute Gasteiger partial charge is 0.323 e. The number of carbonyl (C=O) groups excluding carboxylic acids is 2. The Balaban J connectivity index is 1.98. The summed E-state index contributed by atoms with van der Waals surface area (Å²) >= 11 is 0. The van der Waals surface area contributed by atoms with Gasteiger partial charge in [-0.3, -0.25) is 10.1 Å². The molecule has 3 aliphatic rings. The Labute approximate surface area is 76.1 Å². The number of imide groups is 1. The standard InChI is InChI=1S/C9H12N2O2/c12-7-9(11-8(13)10-7)4-5-1-2-6(9)3-5/h5-6H,1-4H2,(H2,10,11,12,13)/t5-,6+,9?/m1/s1. The quantitative estimate of drug-likeness (QED) is 0.530. The number of hydrogen-bond acceptors (Lipinski definition) is 2. The zero-order valence-electron chi connectivity index (χ0n) is 7.30. The van der Waals surface area contributed by atoms with Gasteiger partial charge in [-0.05, 0) is 37.5 Å². The average Bonchev–Trinajstić information content (AvgIpc) is 2.68. The van der Waals surface area contributed by atoms with Gasteiger partial charge in [0.2, 0.25) is 0 Å². The second kappa shape index (κ2) is 2.05. The Morgan fingerprint density at radius 2 is 2.15 bits per heavy atom. The van der Waals surface area contributed by atoms with Crippen LogP contribution in [-0.4, -0.2) is 17.5 Å². The first kappa shape index (κ1) is 7.35. The molecule has 70 valence electrons. The lowest BCUT2D eigenvalue weighted by molar-refractivity contribution is -0.125. The molecule has 1 unspecified atom stereocenters. The summed E-state index contributed by atoms with van der Waals surface area (Å²) in [5.41, 5.74) is -0.514. The predicted octanol–water partition coefficient (Wildman–Crippen LogP) is 0.385. The molecule has 3 fully saturated rings. The van der Waals surface area contributed by atoms with Crippen molar-refractivity contribution in [2.45, 2.75) is 31.2 Å². The van der Waals surface area contributed by atoms with Crippen LogP contribution >= 0.6 is 0 Å². The minimum absolute atomic E-state index is 0.0929. The van der Waals surface area contributed by atoms with E-state index < -0.39 is 5.54 Å². The Morgan fingerprint density at radius 3 is 2.62 bits per heavy atom. The van der Waals surface area contributed by atoms with E-state index in [1.54, 1.807) is 0 Å². The minimum atomic E-state index is -0.514. The van der Waals surface area contributed by atoms with Crippen molar-refractivity contribution in [1.82, 2.24) is 10.6 Å². The third kappa shape index (κ3) is 0.759. The SMILES string of the molecule is O=C1NC(=O)C2(C[C@@H]3CC[C@H]2C3)N1. The van der Waals surface area contributed by atoms with Gasteiger partial charge in [-0.2, -0.15) is 0 Å². The van der Waals surface area contributed by atoms with Crippen molar-refractivity contribution in [3.05, 3.63) is 0 Å². The maximum atomic E-state index is 11.6. The highest BCUT2D eigenvalue weighted by Gasteiger charge is 2.59. The molecule has 1 saturated heterocycles. The van der Waals surface area contributed by atoms with E-state index in [4.69, 9.17) is 0 Å². The fourth-order valence-electron chi connectivity index (χ4n) is 3.27. The summed E-state index contributed by atoms with van der Waals surface area (Å²) in [6.45, 7) is 0. The van der Waals surface area contributed by atoms with Crippen LogP contribution in [0.1, 0.15) is 25.7 Å².